The highest BCUT2D eigenvalue weighted by Gasteiger charge is 2.12. The topological polar surface area (TPSA) is 52.4 Å². The fourth-order valence-corrected chi connectivity index (χ4v) is 1.85. The van der Waals surface area contributed by atoms with Crippen molar-refractivity contribution in [2.45, 2.75) is 20.5 Å². The first-order chi connectivity index (χ1) is 9.66. The van der Waals surface area contributed by atoms with Gasteiger partial charge in [-0.1, -0.05) is 44.2 Å². The Morgan fingerprint density at radius 3 is 2.40 bits per heavy atom. The Labute approximate surface area is 126 Å². The van der Waals surface area contributed by atoms with Crippen molar-refractivity contribution in [1.29, 1.82) is 0 Å². The molecule has 0 heterocycles. The molecule has 0 aliphatic carbocycles. The third-order valence-electron chi connectivity index (χ3n) is 2.36. The number of hydrogen-bond donors (Lipinski definition) is 0. The van der Waals surface area contributed by atoms with Crippen molar-refractivity contribution in [3.8, 4) is 5.75 Å². The molecule has 2 rings (SSSR count). The number of nitro benzene ring substituents is 1. The van der Waals surface area contributed by atoms with E-state index in [1.807, 2.05) is 44.2 Å². The van der Waals surface area contributed by atoms with E-state index in [9.17, 15) is 10.1 Å². The van der Waals surface area contributed by atoms with Crippen molar-refractivity contribution in [2.24, 2.45) is 0 Å². The van der Waals surface area contributed by atoms with Gasteiger partial charge in [0.2, 0.25) is 0 Å². The summed E-state index contributed by atoms with van der Waals surface area (Å²) in [5.74, 6) is 0.480. The molecule has 0 radical (unpaired) electrons. The van der Waals surface area contributed by atoms with Crippen molar-refractivity contribution in [2.75, 3.05) is 0 Å². The van der Waals surface area contributed by atoms with Crippen LogP contribution in [0.2, 0.25) is 0 Å². The molecule has 0 atom stereocenters. The summed E-state index contributed by atoms with van der Waals surface area (Å²) in [6.07, 6.45) is 0. The minimum Gasteiger partial charge on any atom is -0.489 e. The molecule has 5 heteroatoms. The van der Waals surface area contributed by atoms with Crippen LogP contribution in [0.3, 0.4) is 0 Å². The Hall–Kier alpha value is -1.88. The normalized spacial score (nSPS) is 9.35. The molecule has 0 unspecified atom stereocenters. The van der Waals surface area contributed by atoms with Crippen molar-refractivity contribution in [3.63, 3.8) is 0 Å². The van der Waals surface area contributed by atoms with Crippen LogP contribution >= 0.6 is 15.9 Å². The molecule has 0 bridgehead atoms. The number of ether oxygens (including phenoxy) is 1. The molecule has 4 nitrogen and oxygen atoms in total. The van der Waals surface area contributed by atoms with E-state index in [1.54, 1.807) is 12.1 Å². The molecule has 0 aliphatic heterocycles. The van der Waals surface area contributed by atoms with Crippen LogP contribution in [0.15, 0.2) is 53.0 Å². The predicted octanol–water partition coefficient (Wildman–Crippen LogP) is 4.96. The van der Waals surface area contributed by atoms with E-state index in [-0.39, 0.29) is 5.69 Å². The first kappa shape index (κ1) is 16.2. The highest BCUT2D eigenvalue weighted by atomic mass is 79.9. The van der Waals surface area contributed by atoms with Crippen LogP contribution in [0.1, 0.15) is 19.4 Å². The monoisotopic (exact) mass is 337 g/mol. The van der Waals surface area contributed by atoms with Gasteiger partial charge in [0, 0.05) is 0 Å². The Bertz CT molecular complexity index is 558. The fraction of sp³-hybridized carbons (Fsp3) is 0.200. The minimum atomic E-state index is -0.445. The lowest BCUT2D eigenvalue weighted by molar-refractivity contribution is -0.385. The van der Waals surface area contributed by atoms with Gasteiger partial charge >= 0.3 is 0 Å². The molecule has 0 saturated carbocycles. The Kier molecular flexibility index (Phi) is 6.73. The second kappa shape index (κ2) is 8.32. The summed E-state index contributed by atoms with van der Waals surface area (Å²) in [5.41, 5.74) is 1.02. The summed E-state index contributed by atoms with van der Waals surface area (Å²) < 4.78 is 5.96. The Morgan fingerprint density at radius 1 is 1.15 bits per heavy atom. The third kappa shape index (κ3) is 4.66. The summed E-state index contributed by atoms with van der Waals surface area (Å²) in [6.45, 7) is 4.39. The summed E-state index contributed by atoms with van der Waals surface area (Å²) in [7, 11) is 0. The fourth-order valence-electron chi connectivity index (χ4n) is 1.46. The van der Waals surface area contributed by atoms with E-state index in [2.05, 4.69) is 15.9 Å². The van der Waals surface area contributed by atoms with Gasteiger partial charge in [-0.25, -0.2) is 0 Å². The first-order valence-corrected chi connectivity index (χ1v) is 7.07. The molecule has 0 amide bonds. The molecule has 0 N–H and O–H groups in total. The van der Waals surface area contributed by atoms with Gasteiger partial charge in [-0.2, -0.15) is 0 Å². The molecule has 106 valence electrons. The van der Waals surface area contributed by atoms with Crippen LogP contribution in [-0.2, 0) is 6.61 Å². The van der Waals surface area contributed by atoms with E-state index in [1.165, 1.54) is 6.07 Å². The highest BCUT2D eigenvalue weighted by Crippen LogP contribution is 2.29. The summed E-state index contributed by atoms with van der Waals surface area (Å²) >= 11 is 3.13. The molecule has 2 aromatic carbocycles. The zero-order valence-corrected chi connectivity index (χ0v) is 13.0. The van der Waals surface area contributed by atoms with Crippen LogP contribution in [0.5, 0.6) is 5.75 Å². The minimum absolute atomic E-state index is 0.000520. The van der Waals surface area contributed by atoms with E-state index >= 15 is 0 Å². The summed E-state index contributed by atoms with van der Waals surface area (Å²) in [6, 6.07) is 14.4. The van der Waals surface area contributed by atoms with Crippen LogP contribution in [0, 0.1) is 10.1 Å². The zero-order chi connectivity index (χ0) is 15.0. The molecule has 0 fully saturated rings. The highest BCUT2D eigenvalue weighted by molar-refractivity contribution is 9.10. The molecule has 20 heavy (non-hydrogen) atoms. The van der Waals surface area contributed by atoms with Gasteiger partial charge in [-0.05, 0) is 33.6 Å². The van der Waals surface area contributed by atoms with E-state index in [0.29, 0.717) is 16.8 Å². The second-order valence-corrected chi connectivity index (χ2v) is 4.50. The molecular formula is C15H16BrNO3. The van der Waals surface area contributed by atoms with Crippen LogP contribution in [0.25, 0.3) is 0 Å². The van der Waals surface area contributed by atoms with Gasteiger partial charge in [0.05, 0.1) is 15.5 Å². The van der Waals surface area contributed by atoms with Gasteiger partial charge in [-0.3, -0.25) is 10.1 Å². The van der Waals surface area contributed by atoms with Crippen LogP contribution < -0.4 is 4.74 Å². The smallest absolute Gasteiger partial charge is 0.287 e. The maximum Gasteiger partial charge on any atom is 0.287 e. The van der Waals surface area contributed by atoms with E-state index in [4.69, 9.17) is 4.74 Å². The predicted molar refractivity (Wildman–Crippen MR) is 82.9 cm³/mol. The molecule has 0 saturated heterocycles. The second-order valence-electron chi connectivity index (χ2n) is 3.64. The molecule has 0 aliphatic rings. The van der Waals surface area contributed by atoms with Gasteiger partial charge in [0.1, 0.15) is 12.4 Å². The lowest BCUT2D eigenvalue weighted by atomic mass is 10.2. The van der Waals surface area contributed by atoms with Crippen molar-refractivity contribution in [1.82, 2.24) is 0 Å². The molecule has 2 aromatic rings. The number of rotatable bonds is 4. The van der Waals surface area contributed by atoms with Crippen molar-refractivity contribution < 1.29 is 9.66 Å². The summed E-state index contributed by atoms with van der Waals surface area (Å²) in [5, 5.41) is 10.8. The van der Waals surface area contributed by atoms with Gasteiger partial charge in [0.15, 0.2) is 0 Å². The SMILES string of the molecule is CC.O=[N+]([O-])c1cc(OCc2ccccc2)ccc1Br. The Morgan fingerprint density at radius 2 is 1.80 bits per heavy atom. The van der Waals surface area contributed by atoms with Crippen molar-refractivity contribution in [3.05, 3.63) is 68.7 Å². The molecule has 0 spiro atoms. The number of halogens is 1. The molecular weight excluding hydrogens is 322 g/mol. The number of benzene rings is 2. The number of hydrogen-bond acceptors (Lipinski definition) is 3. The third-order valence-corrected chi connectivity index (χ3v) is 3.03. The lowest BCUT2D eigenvalue weighted by Crippen LogP contribution is -1.96. The maximum absolute atomic E-state index is 10.8. The van der Waals surface area contributed by atoms with Crippen LogP contribution in [-0.4, -0.2) is 4.92 Å². The number of nitro groups is 1. The van der Waals surface area contributed by atoms with Gasteiger partial charge in [-0.15, -0.1) is 0 Å². The average molecular weight is 338 g/mol. The largest absolute Gasteiger partial charge is 0.489 e. The summed E-state index contributed by atoms with van der Waals surface area (Å²) in [4.78, 5) is 10.3. The lowest BCUT2D eigenvalue weighted by Gasteiger charge is -2.06. The number of nitrogens with zero attached hydrogens (tertiary/aromatic N) is 1. The Balaban J connectivity index is 0.000000956. The van der Waals surface area contributed by atoms with Gasteiger partial charge < -0.3 is 4.74 Å². The first-order valence-electron chi connectivity index (χ1n) is 6.27. The van der Waals surface area contributed by atoms with Gasteiger partial charge in [0.25, 0.3) is 5.69 Å². The maximum atomic E-state index is 10.8. The quantitative estimate of drug-likeness (QED) is 0.585. The average Bonchev–Trinajstić information content (AvgIpc) is 2.49. The van der Waals surface area contributed by atoms with Crippen LogP contribution in [0.4, 0.5) is 5.69 Å². The molecule has 0 aromatic heterocycles. The van der Waals surface area contributed by atoms with E-state index < -0.39 is 4.92 Å². The zero-order valence-electron chi connectivity index (χ0n) is 11.4. The van der Waals surface area contributed by atoms with E-state index in [0.717, 1.165) is 5.56 Å². The standard InChI is InChI=1S/C13H10BrNO3.C2H6/c14-12-7-6-11(8-13(12)15(16)17)18-9-10-4-2-1-3-5-10;1-2/h1-8H,9H2;1-2H3. The van der Waals surface area contributed by atoms with Crippen molar-refractivity contribution >= 4 is 21.6 Å².